The van der Waals surface area contributed by atoms with Crippen LogP contribution < -0.4 is 14.8 Å². The first-order valence-corrected chi connectivity index (χ1v) is 6.82. The summed E-state index contributed by atoms with van der Waals surface area (Å²) in [5.41, 5.74) is 0.534. The van der Waals surface area contributed by atoms with Crippen LogP contribution in [0.2, 0.25) is 0 Å². The zero-order valence-electron chi connectivity index (χ0n) is 12.2. The van der Waals surface area contributed by atoms with Gasteiger partial charge in [-0.05, 0) is 19.2 Å². The van der Waals surface area contributed by atoms with Crippen molar-refractivity contribution >= 4 is 0 Å². The maximum absolute atomic E-state index is 6.27. The number of para-hydroxylation sites is 2. The van der Waals surface area contributed by atoms with Gasteiger partial charge in [-0.1, -0.05) is 49.4 Å². The lowest BCUT2D eigenvalue weighted by atomic mass is 10.00. The van der Waals surface area contributed by atoms with E-state index in [9.17, 15) is 0 Å². The van der Waals surface area contributed by atoms with Gasteiger partial charge in [-0.25, -0.2) is 0 Å². The van der Waals surface area contributed by atoms with Crippen molar-refractivity contribution in [3.05, 3.63) is 60.2 Å². The molecule has 0 fully saturated rings. The molecule has 0 saturated heterocycles. The lowest BCUT2D eigenvalue weighted by Gasteiger charge is -2.34. The molecule has 0 unspecified atom stereocenters. The molecule has 0 amide bonds. The molecule has 0 aliphatic carbocycles. The molecule has 2 aromatic rings. The number of ether oxygens (including phenoxy) is 2. The average Bonchev–Trinajstić information content (AvgIpc) is 2.54. The molecule has 0 bridgehead atoms. The van der Waals surface area contributed by atoms with Gasteiger partial charge >= 0.3 is 0 Å². The van der Waals surface area contributed by atoms with Gasteiger partial charge in [0.1, 0.15) is 0 Å². The maximum Gasteiger partial charge on any atom is 0.186 e. The third kappa shape index (κ3) is 2.78. The van der Waals surface area contributed by atoms with Gasteiger partial charge in [0.2, 0.25) is 0 Å². The van der Waals surface area contributed by atoms with E-state index in [1.54, 1.807) is 7.11 Å². The van der Waals surface area contributed by atoms with E-state index in [2.05, 4.69) is 24.4 Å². The molecular weight excluding hydrogens is 250 g/mol. The standard InChI is InChI=1S/C17H21NO2/c1-4-17(18-2,14-10-6-5-7-11-14)20-16-13-9-8-12-15(16)19-3/h5-13,18H,4H2,1-3H3/t17-/m1/s1. The predicted octanol–water partition coefficient (Wildman–Crippen LogP) is 3.56. The number of hydrogen-bond donors (Lipinski definition) is 1. The highest BCUT2D eigenvalue weighted by atomic mass is 16.5. The third-order valence-electron chi connectivity index (χ3n) is 3.50. The van der Waals surface area contributed by atoms with Crippen LogP contribution in [0.15, 0.2) is 54.6 Å². The van der Waals surface area contributed by atoms with Crippen molar-refractivity contribution in [1.82, 2.24) is 5.32 Å². The Balaban J connectivity index is 2.39. The van der Waals surface area contributed by atoms with Gasteiger partial charge in [0.05, 0.1) is 7.11 Å². The summed E-state index contributed by atoms with van der Waals surface area (Å²) in [5, 5.41) is 3.30. The predicted molar refractivity (Wildman–Crippen MR) is 81.1 cm³/mol. The lowest BCUT2D eigenvalue weighted by Crippen LogP contribution is -2.45. The molecule has 106 valence electrons. The van der Waals surface area contributed by atoms with Crippen molar-refractivity contribution in [2.45, 2.75) is 19.1 Å². The van der Waals surface area contributed by atoms with E-state index in [4.69, 9.17) is 9.47 Å². The summed E-state index contributed by atoms with van der Waals surface area (Å²) in [6.45, 7) is 2.10. The molecule has 0 aromatic heterocycles. The topological polar surface area (TPSA) is 30.5 Å². The Labute approximate surface area is 120 Å². The molecule has 3 heteroatoms. The van der Waals surface area contributed by atoms with E-state index >= 15 is 0 Å². The van der Waals surface area contributed by atoms with Crippen molar-refractivity contribution in [1.29, 1.82) is 0 Å². The lowest BCUT2D eigenvalue weighted by molar-refractivity contribution is 0.0300. The first kappa shape index (κ1) is 14.4. The molecule has 20 heavy (non-hydrogen) atoms. The largest absolute Gasteiger partial charge is 0.493 e. The van der Waals surface area contributed by atoms with E-state index in [1.165, 1.54) is 0 Å². The fourth-order valence-electron chi connectivity index (χ4n) is 2.31. The summed E-state index contributed by atoms with van der Waals surface area (Å²) in [5.74, 6) is 1.46. The smallest absolute Gasteiger partial charge is 0.186 e. The summed E-state index contributed by atoms with van der Waals surface area (Å²) in [6.07, 6.45) is 0.797. The Kier molecular flexibility index (Phi) is 4.64. The molecule has 0 spiro atoms. The zero-order valence-corrected chi connectivity index (χ0v) is 12.2. The van der Waals surface area contributed by atoms with Crippen LogP contribution in [0, 0.1) is 0 Å². The van der Waals surface area contributed by atoms with Crippen LogP contribution >= 0.6 is 0 Å². The number of benzene rings is 2. The van der Waals surface area contributed by atoms with Gasteiger partial charge in [0.15, 0.2) is 17.2 Å². The maximum atomic E-state index is 6.27. The normalized spacial score (nSPS) is 13.6. The van der Waals surface area contributed by atoms with E-state index in [0.29, 0.717) is 0 Å². The molecule has 1 N–H and O–H groups in total. The monoisotopic (exact) mass is 271 g/mol. The van der Waals surface area contributed by atoms with Crippen LogP contribution in [0.4, 0.5) is 0 Å². The van der Waals surface area contributed by atoms with Gasteiger partial charge < -0.3 is 9.47 Å². The SMILES string of the molecule is CC[C@@](NC)(Oc1ccccc1OC)c1ccccc1. The van der Waals surface area contributed by atoms with Gasteiger partial charge in [0.25, 0.3) is 0 Å². The summed E-state index contributed by atoms with van der Waals surface area (Å²) in [7, 11) is 3.56. The molecule has 0 aliphatic heterocycles. The minimum absolute atomic E-state index is 0.560. The van der Waals surface area contributed by atoms with Crippen molar-refractivity contribution in [2.75, 3.05) is 14.2 Å². The van der Waals surface area contributed by atoms with E-state index < -0.39 is 5.72 Å². The van der Waals surface area contributed by atoms with Crippen LogP contribution in [-0.2, 0) is 5.72 Å². The van der Waals surface area contributed by atoms with Crippen LogP contribution in [0.1, 0.15) is 18.9 Å². The third-order valence-corrected chi connectivity index (χ3v) is 3.50. The van der Waals surface area contributed by atoms with Crippen LogP contribution in [0.5, 0.6) is 11.5 Å². The van der Waals surface area contributed by atoms with Crippen molar-refractivity contribution in [3.8, 4) is 11.5 Å². The molecule has 0 aliphatic rings. The summed E-state index contributed by atoms with van der Waals surface area (Å²) >= 11 is 0. The van der Waals surface area contributed by atoms with Gasteiger partial charge in [-0.3, -0.25) is 5.32 Å². The highest BCUT2D eigenvalue weighted by Crippen LogP contribution is 2.34. The van der Waals surface area contributed by atoms with Crippen molar-refractivity contribution < 1.29 is 9.47 Å². The minimum atomic E-state index is -0.560. The second-order valence-corrected chi connectivity index (χ2v) is 4.55. The molecule has 0 radical (unpaired) electrons. The second-order valence-electron chi connectivity index (χ2n) is 4.55. The fourth-order valence-corrected chi connectivity index (χ4v) is 2.31. The molecule has 1 atom stereocenters. The molecular formula is C17H21NO2. The number of nitrogens with one attached hydrogen (secondary N) is 1. The quantitative estimate of drug-likeness (QED) is 0.815. The summed E-state index contributed by atoms with van der Waals surface area (Å²) in [6, 6.07) is 17.9. The molecule has 2 aromatic carbocycles. The minimum Gasteiger partial charge on any atom is -0.493 e. The van der Waals surface area contributed by atoms with Crippen molar-refractivity contribution in [3.63, 3.8) is 0 Å². The number of hydrogen-bond acceptors (Lipinski definition) is 3. The average molecular weight is 271 g/mol. The Morgan fingerprint density at radius 1 is 0.950 bits per heavy atom. The molecule has 2 rings (SSSR count). The molecule has 0 heterocycles. The van der Waals surface area contributed by atoms with E-state index in [1.807, 2.05) is 49.5 Å². The zero-order chi connectivity index (χ0) is 14.4. The fraction of sp³-hybridized carbons (Fsp3) is 0.294. The van der Waals surface area contributed by atoms with Crippen LogP contribution in [0.3, 0.4) is 0 Å². The Hall–Kier alpha value is -2.00. The first-order valence-electron chi connectivity index (χ1n) is 6.82. The first-order chi connectivity index (χ1) is 9.75. The highest BCUT2D eigenvalue weighted by Gasteiger charge is 2.31. The molecule has 0 saturated carbocycles. The van der Waals surface area contributed by atoms with Crippen LogP contribution in [0.25, 0.3) is 0 Å². The second kappa shape index (κ2) is 6.44. The Morgan fingerprint density at radius 2 is 1.55 bits per heavy atom. The van der Waals surface area contributed by atoms with Crippen LogP contribution in [-0.4, -0.2) is 14.2 Å². The molecule has 3 nitrogen and oxygen atoms in total. The van der Waals surface area contributed by atoms with Gasteiger partial charge in [-0.2, -0.15) is 0 Å². The van der Waals surface area contributed by atoms with Gasteiger partial charge in [-0.15, -0.1) is 0 Å². The van der Waals surface area contributed by atoms with Crippen molar-refractivity contribution in [2.24, 2.45) is 0 Å². The Bertz CT molecular complexity index is 536. The Morgan fingerprint density at radius 3 is 2.10 bits per heavy atom. The van der Waals surface area contributed by atoms with Gasteiger partial charge in [0, 0.05) is 12.0 Å². The number of rotatable bonds is 6. The summed E-state index contributed by atoms with van der Waals surface area (Å²) in [4.78, 5) is 0. The highest BCUT2D eigenvalue weighted by molar-refractivity contribution is 5.40. The number of methoxy groups -OCH3 is 1. The summed E-state index contributed by atoms with van der Waals surface area (Å²) < 4.78 is 11.6. The van der Waals surface area contributed by atoms with E-state index in [-0.39, 0.29) is 0 Å². The van der Waals surface area contributed by atoms with E-state index in [0.717, 1.165) is 23.5 Å².